The molecule has 108 valence electrons. The quantitative estimate of drug-likeness (QED) is 0.687. The van der Waals surface area contributed by atoms with E-state index in [0.717, 1.165) is 0 Å². The van der Waals surface area contributed by atoms with Gasteiger partial charge in [-0.2, -0.15) is 0 Å². The first kappa shape index (κ1) is 13.8. The molecule has 0 saturated heterocycles. The first-order valence-corrected chi connectivity index (χ1v) is 7.99. The molecule has 0 saturated carbocycles. The molecule has 1 aromatic carbocycles. The Kier molecular flexibility index (Phi) is 3.30. The van der Waals surface area contributed by atoms with Gasteiger partial charge >= 0.3 is 5.76 Å². The van der Waals surface area contributed by atoms with Gasteiger partial charge in [0.25, 0.3) is 10.0 Å². The molecule has 0 bridgehead atoms. The van der Waals surface area contributed by atoms with Gasteiger partial charge in [-0.25, -0.2) is 18.2 Å². The summed E-state index contributed by atoms with van der Waals surface area (Å²) in [7, 11) is -3.79. The Hall–Kier alpha value is -2.13. The second-order valence-electron chi connectivity index (χ2n) is 4.15. The molecule has 2 N–H and O–H groups in total. The van der Waals surface area contributed by atoms with E-state index in [9.17, 15) is 13.2 Å². The number of hydrogen-bond donors (Lipinski definition) is 2. The summed E-state index contributed by atoms with van der Waals surface area (Å²) in [6.45, 7) is 0. The van der Waals surface area contributed by atoms with Crippen LogP contribution in [0.4, 0.5) is 5.69 Å². The van der Waals surface area contributed by atoms with Crippen LogP contribution in [0.5, 0.6) is 0 Å². The van der Waals surface area contributed by atoms with Crippen LogP contribution >= 0.6 is 15.9 Å². The van der Waals surface area contributed by atoms with Crippen LogP contribution < -0.4 is 10.5 Å². The Labute approximate surface area is 127 Å². The third kappa shape index (κ3) is 2.83. The monoisotopic (exact) mass is 369 g/mol. The molecule has 0 amide bonds. The maximum atomic E-state index is 12.3. The Morgan fingerprint density at radius 1 is 1.24 bits per heavy atom. The number of H-pyrrole nitrogens is 1. The summed E-state index contributed by atoms with van der Waals surface area (Å²) in [4.78, 5) is 17.4. The van der Waals surface area contributed by atoms with E-state index in [1.54, 1.807) is 12.1 Å². The van der Waals surface area contributed by atoms with Crippen LogP contribution in [0.3, 0.4) is 0 Å². The molecule has 0 fully saturated rings. The van der Waals surface area contributed by atoms with E-state index in [4.69, 9.17) is 4.42 Å². The Morgan fingerprint density at radius 3 is 2.76 bits per heavy atom. The Balaban J connectivity index is 1.99. The molecule has 3 rings (SSSR count). The number of fused-ring (bicyclic) bond motifs is 1. The normalized spacial score (nSPS) is 11.7. The van der Waals surface area contributed by atoms with Crippen molar-refractivity contribution in [3.63, 3.8) is 0 Å². The van der Waals surface area contributed by atoms with Crippen LogP contribution in [0.1, 0.15) is 0 Å². The molecular weight excluding hydrogens is 362 g/mol. The van der Waals surface area contributed by atoms with Crippen LogP contribution in [0, 0.1) is 0 Å². The lowest BCUT2D eigenvalue weighted by Gasteiger charge is -2.07. The van der Waals surface area contributed by atoms with Crippen LogP contribution in [0.2, 0.25) is 0 Å². The van der Waals surface area contributed by atoms with Crippen LogP contribution in [-0.2, 0) is 10.0 Å². The third-order valence-electron chi connectivity index (χ3n) is 2.68. The van der Waals surface area contributed by atoms with Crippen molar-refractivity contribution in [1.82, 2.24) is 9.97 Å². The Bertz CT molecular complexity index is 960. The minimum Gasteiger partial charge on any atom is -0.408 e. The minimum absolute atomic E-state index is 0.0133. The number of aromatic amines is 1. The molecule has 0 radical (unpaired) electrons. The van der Waals surface area contributed by atoms with E-state index in [-0.39, 0.29) is 10.5 Å². The van der Waals surface area contributed by atoms with Crippen molar-refractivity contribution in [3.8, 4) is 0 Å². The molecule has 9 heteroatoms. The first-order valence-electron chi connectivity index (χ1n) is 5.71. The van der Waals surface area contributed by atoms with Crippen molar-refractivity contribution in [3.05, 3.63) is 51.7 Å². The average Bonchev–Trinajstić information content (AvgIpc) is 2.80. The highest BCUT2D eigenvalue weighted by Gasteiger charge is 2.16. The standard InChI is InChI=1S/C12H8BrN3O4S/c13-11-4-1-7(6-14-11)16-21(18,19)8-2-3-9-10(5-8)20-12(17)15-9/h1-6,16H,(H,15,17). The molecule has 2 heterocycles. The maximum Gasteiger partial charge on any atom is 0.417 e. The van der Waals surface area contributed by atoms with E-state index >= 15 is 0 Å². The summed E-state index contributed by atoms with van der Waals surface area (Å²) in [5.41, 5.74) is 0.940. The van der Waals surface area contributed by atoms with Gasteiger partial charge in [0.15, 0.2) is 5.58 Å². The van der Waals surface area contributed by atoms with Crippen molar-refractivity contribution in [2.45, 2.75) is 4.90 Å². The highest BCUT2D eigenvalue weighted by atomic mass is 79.9. The van der Waals surface area contributed by atoms with Gasteiger partial charge in [0.05, 0.1) is 22.3 Å². The highest BCUT2D eigenvalue weighted by Crippen LogP contribution is 2.20. The summed E-state index contributed by atoms with van der Waals surface area (Å²) in [5.74, 6) is -0.635. The predicted octanol–water partition coefficient (Wildman–Crippen LogP) is 2.08. The number of pyridine rings is 1. The number of anilines is 1. The van der Waals surface area contributed by atoms with E-state index in [1.165, 1.54) is 24.4 Å². The zero-order valence-electron chi connectivity index (χ0n) is 10.3. The molecular formula is C12H8BrN3O4S. The molecule has 0 aliphatic heterocycles. The Morgan fingerprint density at radius 2 is 2.05 bits per heavy atom. The van der Waals surface area contributed by atoms with Crippen molar-refractivity contribution < 1.29 is 12.8 Å². The topological polar surface area (TPSA) is 105 Å². The van der Waals surface area contributed by atoms with E-state index in [1.807, 2.05) is 0 Å². The van der Waals surface area contributed by atoms with E-state index in [0.29, 0.717) is 15.8 Å². The second-order valence-corrected chi connectivity index (χ2v) is 6.64. The molecule has 0 unspecified atom stereocenters. The number of benzene rings is 1. The smallest absolute Gasteiger partial charge is 0.408 e. The van der Waals surface area contributed by atoms with Gasteiger partial charge in [0, 0.05) is 6.07 Å². The molecule has 0 aliphatic carbocycles. The lowest BCUT2D eigenvalue weighted by Crippen LogP contribution is -2.12. The van der Waals surface area contributed by atoms with Crippen molar-refractivity contribution in [2.75, 3.05) is 4.72 Å². The summed E-state index contributed by atoms with van der Waals surface area (Å²) in [6, 6.07) is 7.31. The summed E-state index contributed by atoms with van der Waals surface area (Å²) in [5, 5.41) is 0. The number of sulfonamides is 1. The number of halogens is 1. The highest BCUT2D eigenvalue weighted by molar-refractivity contribution is 9.10. The zero-order chi connectivity index (χ0) is 15.0. The van der Waals surface area contributed by atoms with Crippen molar-refractivity contribution >= 4 is 42.7 Å². The lowest BCUT2D eigenvalue weighted by atomic mass is 10.3. The summed E-state index contributed by atoms with van der Waals surface area (Å²) < 4.78 is 32.4. The number of rotatable bonds is 3. The van der Waals surface area contributed by atoms with Gasteiger partial charge < -0.3 is 4.42 Å². The van der Waals surface area contributed by atoms with Gasteiger partial charge in [-0.15, -0.1) is 0 Å². The number of aromatic nitrogens is 2. The van der Waals surface area contributed by atoms with Gasteiger partial charge in [-0.3, -0.25) is 9.71 Å². The van der Waals surface area contributed by atoms with Crippen LogP contribution in [0.25, 0.3) is 11.1 Å². The molecule has 0 atom stereocenters. The molecule has 21 heavy (non-hydrogen) atoms. The van der Waals surface area contributed by atoms with Gasteiger partial charge in [-0.05, 0) is 40.2 Å². The SMILES string of the molecule is O=c1[nH]c2ccc(S(=O)(=O)Nc3ccc(Br)nc3)cc2o1. The molecule has 7 nitrogen and oxygen atoms in total. The fraction of sp³-hybridized carbons (Fsp3) is 0. The van der Waals surface area contributed by atoms with Crippen LogP contribution in [0.15, 0.2) is 55.2 Å². The first-order chi connectivity index (χ1) is 9.94. The fourth-order valence-corrected chi connectivity index (χ4v) is 3.04. The number of oxazole rings is 1. The molecule has 2 aromatic heterocycles. The minimum atomic E-state index is -3.79. The van der Waals surface area contributed by atoms with Crippen molar-refractivity contribution in [1.29, 1.82) is 0 Å². The predicted molar refractivity (Wildman–Crippen MR) is 79.6 cm³/mol. The average molecular weight is 370 g/mol. The summed E-state index contributed by atoms with van der Waals surface area (Å²) in [6.07, 6.45) is 1.39. The van der Waals surface area contributed by atoms with Gasteiger partial charge in [0.1, 0.15) is 4.60 Å². The van der Waals surface area contributed by atoms with Gasteiger partial charge in [-0.1, -0.05) is 0 Å². The molecule has 3 aromatic rings. The van der Waals surface area contributed by atoms with Gasteiger partial charge in [0.2, 0.25) is 0 Å². The molecule has 0 spiro atoms. The second kappa shape index (κ2) is 5.01. The molecule has 0 aliphatic rings. The number of nitrogens with zero attached hydrogens (tertiary/aromatic N) is 1. The maximum absolute atomic E-state index is 12.3. The largest absolute Gasteiger partial charge is 0.417 e. The van der Waals surface area contributed by atoms with Crippen LogP contribution in [-0.4, -0.2) is 18.4 Å². The number of nitrogens with one attached hydrogen (secondary N) is 2. The van der Waals surface area contributed by atoms with Crippen molar-refractivity contribution in [2.24, 2.45) is 0 Å². The summed E-state index contributed by atoms with van der Waals surface area (Å²) >= 11 is 3.17. The van der Waals surface area contributed by atoms with E-state index < -0.39 is 15.8 Å². The number of hydrogen-bond acceptors (Lipinski definition) is 5. The van der Waals surface area contributed by atoms with E-state index in [2.05, 4.69) is 30.6 Å². The fourth-order valence-electron chi connectivity index (χ4n) is 1.74. The zero-order valence-corrected chi connectivity index (χ0v) is 12.7. The lowest BCUT2D eigenvalue weighted by molar-refractivity contribution is 0.554. The third-order valence-corrected chi connectivity index (χ3v) is 4.53.